The number of nitrogens with one attached hydrogen (secondary N) is 1. The van der Waals surface area contributed by atoms with E-state index >= 15 is 0 Å². The van der Waals surface area contributed by atoms with Crippen molar-refractivity contribution in [2.24, 2.45) is 5.41 Å². The Morgan fingerprint density at radius 2 is 1.86 bits per heavy atom. The van der Waals surface area contributed by atoms with Crippen molar-refractivity contribution in [3.05, 3.63) is 5.01 Å². The Balaban J connectivity index is 1.47. The molecule has 1 aliphatic heterocycles. The average Bonchev–Trinajstić information content (AvgIpc) is 2.96. The maximum absolute atomic E-state index is 4.33. The zero-order valence-electron chi connectivity index (χ0n) is 13.2. The van der Waals surface area contributed by atoms with Crippen molar-refractivity contribution in [1.82, 2.24) is 15.1 Å². The third-order valence-corrected chi connectivity index (χ3v) is 6.05. The van der Waals surface area contributed by atoms with E-state index in [2.05, 4.69) is 27.3 Å². The van der Waals surface area contributed by atoms with Crippen molar-refractivity contribution in [2.75, 3.05) is 25.0 Å². The Morgan fingerprint density at radius 3 is 2.57 bits per heavy atom. The van der Waals surface area contributed by atoms with Crippen LogP contribution in [-0.2, 0) is 6.54 Å². The van der Waals surface area contributed by atoms with Gasteiger partial charge in [0.2, 0.25) is 5.13 Å². The fourth-order valence-corrected chi connectivity index (χ4v) is 4.61. The first kappa shape index (κ1) is 15.2. The fraction of sp³-hybridized carbons (Fsp3) is 0.875. The van der Waals surface area contributed by atoms with Crippen LogP contribution in [0.25, 0.3) is 0 Å². The van der Waals surface area contributed by atoms with Crippen LogP contribution < -0.4 is 5.32 Å². The Bertz CT molecular complexity index is 429. The number of rotatable bonds is 5. The quantitative estimate of drug-likeness (QED) is 0.895. The number of anilines is 1. The summed E-state index contributed by atoms with van der Waals surface area (Å²) in [6.07, 6.45) is 11.3. The second-order valence-electron chi connectivity index (χ2n) is 6.76. The molecule has 1 N–H and O–H groups in total. The second-order valence-corrected chi connectivity index (χ2v) is 7.83. The first-order valence-corrected chi connectivity index (χ1v) is 9.40. The Hall–Kier alpha value is -0.680. The minimum atomic E-state index is 0.698. The van der Waals surface area contributed by atoms with Gasteiger partial charge in [-0.15, -0.1) is 10.2 Å². The molecule has 0 unspecified atom stereocenters. The van der Waals surface area contributed by atoms with Crippen molar-refractivity contribution < 1.29 is 0 Å². The lowest BCUT2D eigenvalue weighted by Gasteiger charge is -2.44. The van der Waals surface area contributed by atoms with E-state index in [0.717, 1.165) is 29.6 Å². The molecule has 3 rings (SSSR count). The van der Waals surface area contributed by atoms with Crippen LogP contribution in [0.1, 0.15) is 63.3 Å². The zero-order valence-corrected chi connectivity index (χ0v) is 14.1. The van der Waals surface area contributed by atoms with Gasteiger partial charge in [-0.25, -0.2) is 0 Å². The maximum Gasteiger partial charge on any atom is 0.205 e. The molecule has 1 saturated carbocycles. The van der Waals surface area contributed by atoms with Gasteiger partial charge in [-0.2, -0.15) is 0 Å². The van der Waals surface area contributed by atoms with E-state index < -0.39 is 0 Å². The van der Waals surface area contributed by atoms with E-state index in [4.69, 9.17) is 0 Å². The van der Waals surface area contributed by atoms with Crippen LogP contribution in [-0.4, -0.2) is 34.7 Å². The van der Waals surface area contributed by atoms with E-state index in [1.165, 1.54) is 58.0 Å². The second kappa shape index (κ2) is 7.05. The smallest absolute Gasteiger partial charge is 0.205 e. The number of hydrogen-bond acceptors (Lipinski definition) is 5. The molecule has 118 valence electrons. The Labute approximate surface area is 132 Å². The third kappa shape index (κ3) is 3.95. The van der Waals surface area contributed by atoms with Gasteiger partial charge in [0.25, 0.3) is 0 Å². The molecular formula is C16H28N4S. The molecule has 2 fully saturated rings. The highest BCUT2D eigenvalue weighted by Crippen LogP contribution is 2.44. The van der Waals surface area contributed by atoms with Gasteiger partial charge in [0.15, 0.2) is 0 Å². The summed E-state index contributed by atoms with van der Waals surface area (Å²) in [6.45, 7) is 6.64. The van der Waals surface area contributed by atoms with Crippen molar-refractivity contribution in [3.63, 3.8) is 0 Å². The highest BCUT2D eigenvalue weighted by Gasteiger charge is 2.35. The van der Waals surface area contributed by atoms with Gasteiger partial charge in [0, 0.05) is 6.54 Å². The molecule has 1 aliphatic carbocycles. The van der Waals surface area contributed by atoms with Crippen LogP contribution in [0.15, 0.2) is 0 Å². The lowest BCUT2D eigenvalue weighted by atomic mass is 9.68. The fourth-order valence-electron chi connectivity index (χ4n) is 3.80. The van der Waals surface area contributed by atoms with Crippen LogP contribution in [0.4, 0.5) is 5.13 Å². The molecule has 5 heteroatoms. The van der Waals surface area contributed by atoms with Gasteiger partial charge in [0.1, 0.15) is 5.01 Å². The normalized spacial score (nSPS) is 22.5. The average molecular weight is 308 g/mol. The number of hydrogen-bond donors (Lipinski definition) is 1. The molecule has 0 bridgehead atoms. The van der Waals surface area contributed by atoms with Crippen molar-refractivity contribution in [2.45, 2.75) is 64.8 Å². The Kier molecular flexibility index (Phi) is 5.11. The molecule has 1 saturated heterocycles. The van der Waals surface area contributed by atoms with Crippen molar-refractivity contribution in [3.8, 4) is 0 Å². The number of piperidine rings is 1. The molecule has 0 atom stereocenters. The van der Waals surface area contributed by atoms with Crippen LogP contribution in [0, 0.1) is 5.41 Å². The van der Waals surface area contributed by atoms with Crippen LogP contribution in [0.5, 0.6) is 0 Å². The van der Waals surface area contributed by atoms with Gasteiger partial charge in [0.05, 0.1) is 6.54 Å². The topological polar surface area (TPSA) is 41.1 Å². The van der Waals surface area contributed by atoms with E-state index in [-0.39, 0.29) is 0 Å². The lowest BCUT2D eigenvalue weighted by Crippen LogP contribution is -2.40. The molecule has 1 aromatic heterocycles. The summed E-state index contributed by atoms with van der Waals surface area (Å²) in [4.78, 5) is 2.57. The third-order valence-electron chi connectivity index (χ3n) is 5.18. The Morgan fingerprint density at radius 1 is 1.10 bits per heavy atom. The number of aromatic nitrogens is 2. The highest BCUT2D eigenvalue weighted by atomic mass is 32.1. The number of likely N-dealkylation sites (tertiary alicyclic amines) is 1. The minimum Gasteiger partial charge on any atom is -0.360 e. The summed E-state index contributed by atoms with van der Waals surface area (Å²) in [6, 6.07) is 0. The van der Waals surface area contributed by atoms with Crippen LogP contribution >= 0.6 is 11.3 Å². The predicted octanol–water partition coefficient (Wildman–Crippen LogP) is 3.91. The molecule has 2 aliphatic rings. The summed E-state index contributed by atoms with van der Waals surface area (Å²) in [5.74, 6) is 0. The van der Waals surface area contributed by atoms with Gasteiger partial charge in [-0.3, -0.25) is 4.90 Å². The van der Waals surface area contributed by atoms with Crippen LogP contribution in [0.2, 0.25) is 0 Å². The van der Waals surface area contributed by atoms with Crippen molar-refractivity contribution in [1.29, 1.82) is 0 Å². The molecule has 0 amide bonds. The molecule has 1 spiro atoms. The summed E-state index contributed by atoms with van der Waals surface area (Å²) in [5.41, 5.74) is 0.698. The zero-order chi connectivity index (χ0) is 14.5. The molecule has 1 aromatic rings. The minimum absolute atomic E-state index is 0.698. The van der Waals surface area contributed by atoms with Gasteiger partial charge in [-0.05, 0) is 50.6 Å². The summed E-state index contributed by atoms with van der Waals surface area (Å²) in [5, 5.41) is 14.0. The van der Waals surface area contributed by atoms with E-state index in [1.807, 2.05) is 0 Å². The lowest BCUT2D eigenvalue weighted by molar-refractivity contribution is 0.0640. The van der Waals surface area contributed by atoms with Gasteiger partial charge in [-0.1, -0.05) is 37.5 Å². The molecule has 0 radical (unpaired) electrons. The van der Waals surface area contributed by atoms with E-state index in [1.54, 1.807) is 11.3 Å². The standard InChI is InChI=1S/C16H28N4S/c1-2-10-17-15-19-18-14(21-15)13-20-11-8-16(9-12-20)6-4-3-5-7-16/h2-13H2,1H3,(H,17,19). The highest BCUT2D eigenvalue weighted by molar-refractivity contribution is 7.15. The van der Waals surface area contributed by atoms with E-state index in [0.29, 0.717) is 5.41 Å². The SMILES string of the molecule is CCCNc1nnc(CN2CCC3(CCCCC3)CC2)s1. The van der Waals surface area contributed by atoms with Crippen LogP contribution in [0.3, 0.4) is 0 Å². The summed E-state index contributed by atoms with van der Waals surface area (Å²) in [7, 11) is 0. The number of nitrogens with zero attached hydrogens (tertiary/aromatic N) is 3. The van der Waals surface area contributed by atoms with Gasteiger partial charge < -0.3 is 5.32 Å². The molecule has 21 heavy (non-hydrogen) atoms. The van der Waals surface area contributed by atoms with Gasteiger partial charge >= 0.3 is 0 Å². The predicted molar refractivity (Wildman–Crippen MR) is 88.7 cm³/mol. The summed E-state index contributed by atoms with van der Waals surface area (Å²) < 4.78 is 0. The summed E-state index contributed by atoms with van der Waals surface area (Å²) >= 11 is 1.72. The monoisotopic (exact) mass is 308 g/mol. The first-order valence-electron chi connectivity index (χ1n) is 8.58. The molecule has 4 nitrogen and oxygen atoms in total. The molecule has 2 heterocycles. The van der Waals surface area contributed by atoms with Crippen molar-refractivity contribution >= 4 is 16.5 Å². The van der Waals surface area contributed by atoms with E-state index in [9.17, 15) is 0 Å². The first-order chi connectivity index (χ1) is 10.3. The molecule has 0 aromatic carbocycles. The maximum atomic E-state index is 4.33. The molecular weight excluding hydrogens is 280 g/mol. The largest absolute Gasteiger partial charge is 0.360 e.